The highest BCUT2D eigenvalue weighted by Gasteiger charge is 2.48. The second-order valence-electron chi connectivity index (χ2n) is 9.44. The summed E-state index contributed by atoms with van der Waals surface area (Å²) in [5.74, 6) is 1.36. The minimum absolute atomic E-state index is 0.0750. The number of carbonyl (C=O) groups excluding carboxylic acids is 1. The Morgan fingerprint density at radius 2 is 1.97 bits per heavy atom. The molecule has 2 bridgehead atoms. The van der Waals surface area contributed by atoms with Gasteiger partial charge in [-0.1, -0.05) is 31.6 Å². The molecular weight excluding hydrogens is 402 g/mol. The van der Waals surface area contributed by atoms with E-state index < -0.39 is 0 Å². The molecule has 3 nitrogen and oxygen atoms in total. The van der Waals surface area contributed by atoms with Crippen molar-refractivity contribution in [2.24, 2.45) is 5.92 Å². The van der Waals surface area contributed by atoms with Crippen molar-refractivity contribution >= 4 is 16.9 Å². The lowest BCUT2D eigenvalue weighted by atomic mass is 9.59. The summed E-state index contributed by atoms with van der Waals surface area (Å²) < 4.78 is 5.20. The van der Waals surface area contributed by atoms with Crippen molar-refractivity contribution < 1.29 is 9.53 Å². The number of benzene rings is 2. The van der Waals surface area contributed by atoms with E-state index in [1.807, 2.05) is 24.3 Å². The van der Waals surface area contributed by atoms with Crippen molar-refractivity contribution in [1.29, 1.82) is 0 Å². The lowest BCUT2D eigenvalue weighted by Crippen LogP contribution is -2.57. The van der Waals surface area contributed by atoms with Crippen LogP contribution in [0.2, 0.25) is 0 Å². The summed E-state index contributed by atoms with van der Waals surface area (Å²) in [6.45, 7) is 11.4. The second kappa shape index (κ2) is 8.84. The fourth-order valence-electron chi connectivity index (χ4n) is 5.17. The summed E-state index contributed by atoms with van der Waals surface area (Å²) in [6, 6.07) is 14.6. The highest BCUT2D eigenvalue weighted by molar-refractivity contribution is 8.14. The predicted molar refractivity (Wildman–Crippen MR) is 129 cm³/mol. The molecule has 4 rings (SSSR count). The van der Waals surface area contributed by atoms with Crippen LogP contribution in [0.4, 0.5) is 0 Å². The maximum Gasteiger partial charge on any atom is 0.224 e. The van der Waals surface area contributed by atoms with E-state index in [1.165, 1.54) is 28.5 Å². The number of ether oxygens (including phenoxy) is 1. The number of rotatable bonds is 5. The van der Waals surface area contributed by atoms with Gasteiger partial charge in [-0.15, -0.1) is 0 Å². The topological polar surface area (TPSA) is 29.5 Å². The molecule has 0 amide bonds. The second-order valence-corrected chi connectivity index (χ2v) is 10.5. The first-order chi connectivity index (χ1) is 14.8. The molecule has 1 fully saturated rings. The Kier molecular flexibility index (Phi) is 6.32. The Balaban J connectivity index is 1.56. The fraction of sp³-hybridized carbons (Fsp3) is 0.444. The molecule has 31 heavy (non-hydrogen) atoms. The first-order valence-corrected chi connectivity index (χ1v) is 12.0. The number of fused-ring (bicyclic) bond motifs is 4. The summed E-state index contributed by atoms with van der Waals surface area (Å²) >= 11 is 1.33. The van der Waals surface area contributed by atoms with Crippen LogP contribution in [0, 0.1) is 5.92 Å². The molecule has 2 aromatic carbocycles. The molecule has 0 aromatic heterocycles. The average molecular weight is 436 g/mol. The van der Waals surface area contributed by atoms with E-state index in [1.54, 1.807) is 7.11 Å². The van der Waals surface area contributed by atoms with E-state index in [0.29, 0.717) is 17.5 Å². The molecule has 0 saturated carbocycles. The van der Waals surface area contributed by atoms with Crippen LogP contribution < -0.4 is 4.74 Å². The van der Waals surface area contributed by atoms with Crippen LogP contribution in [0.3, 0.4) is 0 Å². The Morgan fingerprint density at radius 3 is 2.65 bits per heavy atom. The van der Waals surface area contributed by atoms with E-state index in [0.717, 1.165) is 36.6 Å². The van der Waals surface area contributed by atoms with Crippen molar-refractivity contribution in [3.63, 3.8) is 0 Å². The number of methoxy groups -OCH3 is 1. The van der Waals surface area contributed by atoms with E-state index >= 15 is 0 Å². The van der Waals surface area contributed by atoms with E-state index in [4.69, 9.17) is 4.74 Å². The predicted octanol–water partition coefficient (Wildman–Crippen LogP) is 6.12. The summed E-state index contributed by atoms with van der Waals surface area (Å²) in [5.41, 5.74) is 5.16. The van der Waals surface area contributed by atoms with Gasteiger partial charge < -0.3 is 4.74 Å². The number of hydrogen-bond acceptors (Lipinski definition) is 4. The smallest absolute Gasteiger partial charge is 0.224 e. The third kappa shape index (κ3) is 4.33. The Hall–Kier alpha value is -2.04. The Labute approximate surface area is 190 Å². The minimum atomic E-state index is 0.0750. The minimum Gasteiger partial charge on any atom is -0.497 e. The molecule has 164 valence electrons. The summed E-state index contributed by atoms with van der Waals surface area (Å²) in [6.07, 6.45) is 4.62. The van der Waals surface area contributed by atoms with E-state index in [-0.39, 0.29) is 10.5 Å². The van der Waals surface area contributed by atoms with Crippen molar-refractivity contribution in [3.05, 3.63) is 70.8 Å². The molecule has 1 unspecified atom stereocenters. The molecule has 1 aliphatic heterocycles. The maximum atomic E-state index is 12.8. The van der Waals surface area contributed by atoms with Gasteiger partial charge >= 0.3 is 0 Å². The number of carbonyl (C=O) groups is 1. The number of piperidine rings is 1. The number of thioether (sulfide) groups is 1. The zero-order valence-corrected chi connectivity index (χ0v) is 20.1. The Bertz CT molecular complexity index is 993. The molecule has 0 radical (unpaired) electrons. The van der Waals surface area contributed by atoms with Crippen LogP contribution in [0.25, 0.3) is 0 Å². The van der Waals surface area contributed by atoms with Crippen LogP contribution in [0.5, 0.6) is 5.75 Å². The summed E-state index contributed by atoms with van der Waals surface area (Å²) in [5, 5.41) is 0.0750. The van der Waals surface area contributed by atoms with Gasteiger partial charge in [-0.2, -0.15) is 0 Å². The summed E-state index contributed by atoms with van der Waals surface area (Å²) in [7, 11) is 1.64. The molecule has 3 atom stereocenters. The maximum absolute atomic E-state index is 12.8. The Morgan fingerprint density at radius 1 is 1.23 bits per heavy atom. The van der Waals surface area contributed by atoms with Gasteiger partial charge in [0.15, 0.2) is 0 Å². The number of hydrogen-bond donors (Lipinski definition) is 0. The van der Waals surface area contributed by atoms with Crippen LogP contribution in [0.15, 0.2) is 59.0 Å². The lowest BCUT2D eigenvalue weighted by Gasteiger charge is -2.54. The normalized spacial score (nSPS) is 24.9. The van der Waals surface area contributed by atoms with Gasteiger partial charge in [0.25, 0.3) is 0 Å². The molecule has 1 aliphatic carbocycles. The van der Waals surface area contributed by atoms with Crippen molar-refractivity contribution in [2.45, 2.75) is 56.9 Å². The van der Waals surface area contributed by atoms with Crippen molar-refractivity contribution in [1.82, 2.24) is 4.90 Å². The van der Waals surface area contributed by atoms with Gasteiger partial charge in [-0.3, -0.25) is 9.69 Å². The SMILES string of the molecule is COc1ccc(C(=O)Sc2ccc3c(c2)[C@]2(C)CCN(CC=C(C)C)C(C3)[C@@H]2C)cc1. The van der Waals surface area contributed by atoms with Crippen LogP contribution >= 0.6 is 11.8 Å². The molecule has 0 N–H and O–H groups in total. The molecule has 1 heterocycles. The van der Waals surface area contributed by atoms with Crippen LogP contribution in [-0.4, -0.2) is 36.3 Å². The van der Waals surface area contributed by atoms with Gasteiger partial charge in [0.05, 0.1) is 7.11 Å². The van der Waals surface area contributed by atoms with Gasteiger partial charge in [0, 0.05) is 23.0 Å². The van der Waals surface area contributed by atoms with Gasteiger partial charge in [0.1, 0.15) is 5.75 Å². The molecule has 0 spiro atoms. The third-order valence-electron chi connectivity index (χ3n) is 7.37. The van der Waals surface area contributed by atoms with Gasteiger partial charge in [0.2, 0.25) is 5.12 Å². The monoisotopic (exact) mass is 435 g/mol. The highest BCUT2D eigenvalue weighted by Crippen LogP contribution is 2.49. The lowest BCUT2D eigenvalue weighted by molar-refractivity contribution is 0.0396. The molecule has 1 saturated heterocycles. The number of likely N-dealkylation sites (tertiary alicyclic amines) is 1. The standard InChI is InChI=1S/C27H33NO2S/c1-18(2)12-14-28-15-13-27(4)19(3)25(28)16-21-8-11-23(17-24(21)27)31-26(29)20-6-9-22(30-5)10-7-20/h6-12,17,19,25H,13-16H2,1-5H3/t19-,25?,27+/m0/s1. The highest BCUT2D eigenvalue weighted by atomic mass is 32.2. The van der Waals surface area contributed by atoms with E-state index in [9.17, 15) is 4.79 Å². The zero-order valence-electron chi connectivity index (χ0n) is 19.3. The third-order valence-corrected chi connectivity index (χ3v) is 8.28. The first kappa shape index (κ1) is 22.2. The first-order valence-electron chi connectivity index (χ1n) is 11.2. The van der Waals surface area contributed by atoms with Crippen molar-refractivity contribution in [2.75, 3.05) is 20.2 Å². The quantitative estimate of drug-likeness (QED) is 0.418. The number of allylic oxidation sites excluding steroid dienone is 1. The van der Waals surface area contributed by atoms with E-state index in [2.05, 4.69) is 56.9 Å². The number of nitrogens with zero attached hydrogens (tertiary/aromatic N) is 1. The molecular formula is C27H33NO2S. The van der Waals surface area contributed by atoms with Crippen LogP contribution in [-0.2, 0) is 11.8 Å². The average Bonchev–Trinajstić information content (AvgIpc) is 2.76. The summed E-state index contributed by atoms with van der Waals surface area (Å²) in [4.78, 5) is 16.5. The molecule has 2 aliphatic rings. The largest absolute Gasteiger partial charge is 0.497 e. The molecule has 2 aromatic rings. The van der Waals surface area contributed by atoms with Gasteiger partial charge in [-0.25, -0.2) is 0 Å². The zero-order chi connectivity index (χ0) is 22.2. The van der Waals surface area contributed by atoms with Crippen molar-refractivity contribution in [3.8, 4) is 5.75 Å². The fourth-order valence-corrected chi connectivity index (χ4v) is 5.95. The van der Waals surface area contributed by atoms with Crippen LogP contribution in [0.1, 0.15) is 55.6 Å². The molecule has 4 heteroatoms. The van der Waals surface area contributed by atoms with Gasteiger partial charge in [-0.05, 0) is 104 Å².